The number of phosphoric acid groups is 1. The van der Waals surface area contributed by atoms with Crippen molar-refractivity contribution in [3.63, 3.8) is 0 Å². The van der Waals surface area contributed by atoms with E-state index in [9.17, 15) is 14.3 Å². The van der Waals surface area contributed by atoms with E-state index in [1.165, 1.54) is 83.5 Å². The smallest absolute Gasteiger partial charge is 0.306 e. The van der Waals surface area contributed by atoms with Crippen molar-refractivity contribution < 1.29 is 37.3 Å². The number of likely N-dealkylation sites (N-methyl/N-ethyl adjacent to an activating group) is 1. The van der Waals surface area contributed by atoms with Gasteiger partial charge in [-0.15, -0.1) is 0 Å². The van der Waals surface area contributed by atoms with Crippen LogP contribution in [0.25, 0.3) is 0 Å². The molecule has 0 N–H and O–H groups in total. The highest BCUT2D eigenvalue weighted by atomic mass is 31.2. The van der Waals surface area contributed by atoms with Gasteiger partial charge in [-0.2, -0.15) is 0 Å². The lowest BCUT2D eigenvalue weighted by Crippen LogP contribution is -2.37. The summed E-state index contributed by atoms with van der Waals surface area (Å²) in [5.41, 5.74) is 0. The Bertz CT molecular complexity index is 1280. The predicted octanol–water partition coefficient (Wildman–Crippen LogP) is 15.0. The molecule has 0 aliphatic heterocycles. The maximum atomic E-state index is 12.8. The zero-order chi connectivity index (χ0) is 46.2. The van der Waals surface area contributed by atoms with Gasteiger partial charge >= 0.3 is 5.97 Å². The second-order valence-electron chi connectivity index (χ2n) is 17.8. The van der Waals surface area contributed by atoms with E-state index in [-0.39, 0.29) is 25.8 Å². The molecule has 0 amide bonds. The van der Waals surface area contributed by atoms with E-state index in [0.717, 1.165) is 89.9 Å². The fourth-order valence-corrected chi connectivity index (χ4v) is 7.34. The Morgan fingerprint density at radius 3 is 1.30 bits per heavy atom. The number of allylic oxidation sites excluding steroid dienone is 14. The van der Waals surface area contributed by atoms with Crippen molar-refractivity contribution in [2.45, 2.75) is 200 Å². The van der Waals surface area contributed by atoms with Gasteiger partial charge in [0.05, 0.1) is 34.4 Å². The molecular formula is C54H96NO7P. The van der Waals surface area contributed by atoms with Crippen molar-refractivity contribution in [1.29, 1.82) is 0 Å². The first-order valence-corrected chi connectivity index (χ1v) is 26.8. The average molecular weight is 902 g/mol. The van der Waals surface area contributed by atoms with E-state index in [2.05, 4.69) is 98.9 Å². The monoisotopic (exact) mass is 902 g/mol. The summed E-state index contributed by atoms with van der Waals surface area (Å²) in [5.74, 6) is -0.344. The second kappa shape index (κ2) is 46.2. The van der Waals surface area contributed by atoms with E-state index in [0.29, 0.717) is 24.1 Å². The number of rotatable bonds is 46. The van der Waals surface area contributed by atoms with Crippen LogP contribution in [0.15, 0.2) is 85.1 Å². The molecule has 0 aromatic carbocycles. The van der Waals surface area contributed by atoms with Crippen LogP contribution in [0, 0.1) is 0 Å². The molecule has 8 nitrogen and oxygen atoms in total. The summed E-state index contributed by atoms with van der Waals surface area (Å²) < 4.78 is 34.7. The van der Waals surface area contributed by atoms with Gasteiger partial charge in [0, 0.05) is 13.0 Å². The molecule has 63 heavy (non-hydrogen) atoms. The van der Waals surface area contributed by atoms with E-state index < -0.39 is 13.9 Å². The summed E-state index contributed by atoms with van der Waals surface area (Å²) in [4.78, 5) is 25.2. The molecule has 0 bridgehead atoms. The minimum absolute atomic E-state index is 0.0190. The Morgan fingerprint density at radius 2 is 0.873 bits per heavy atom. The van der Waals surface area contributed by atoms with Crippen molar-refractivity contribution in [2.24, 2.45) is 0 Å². The van der Waals surface area contributed by atoms with Crippen molar-refractivity contribution in [2.75, 3.05) is 54.1 Å². The van der Waals surface area contributed by atoms with Crippen LogP contribution < -0.4 is 4.89 Å². The second-order valence-corrected chi connectivity index (χ2v) is 19.2. The van der Waals surface area contributed by atoms with E-state index >= 15 is 0 Å². The lowest BCUT2D eigenvalue weighted by molar-refractivity contribution is -0.870. The molecule has 2 atom stereocenters. The average Bonchev–Trinajstić information content (AvgIpc) is 3.24. The number of carbonyl (C=O) groups is 1. The van der Waals surface area contributed by atoms with Crippen LogP contribution in [0.3, 0.4) is 0 Å². The molecule has 0 spiro atoms. The summed E-state index contributed by atoms with van der Waals surface area (Å²) in [6.07, 6.45) is 61.8. The summed E-state index contributed by atoms with van der Waals surface area (Å²) in [6, 6.07) is 0. The molecule has 0 fully saturated rings. The number of phosphoric ester groups is 1. The lowest BCUT2D eigenvalue weighted by atomic mass is 10.0. The van der Waals surface area contributed by atoms with Crippen LogP contribution in [0.1, 0.15) is 194 Å². The molecule has 0 aromatic rings. The van der Waals surface area contributed by atoms with Crippen molar-refractivity contribution in [3.8, 4) is 0 Å². The highest BCUT2D eigenvalue weighted by Gasteiger charge is 2.20. The maximum Gasteiger partial charge on any atom is 0.306 e. The summed E-state index contributed by atoms with van der Waals surface area (Å²) in [6.45, 7) is 5.15. The largest absolute Gasteiger partial charge is 0.756 e. The molecule has 0 saturated carbocycles. The lowest BCUT2D eigenvalue weighted by Gasteiger charge is -2.28. The Hall–Kier alpha value is -2.32. The summed E-state index contributed by atoms with van der Waals surface area (Å²) >= 11 is 0. The molecule has 364 valence electrons. The quantitative estimate of drug-likeness (QED) is 0.0197. The van der Waals surface area contributed by atoms with Gasteiger partial charge in [0.15, 0.2) is 0 Å². The van der Waals surface area contributed by atoms with Crippen molar-refractivity contribution in [1.82, 2.24) is 0 Å². The number of unbranched alkanes of at least 4 members (excludes halogenated alkanes) is 18. The molecule has 0 saturated heterocycles. The maximum absolute atomic E-state index is 12.8. The molecule has 0 heterocycles. The first kappa shape index (κ1) is 60.7. The van der Waals surface area contributed by atoms with Crippen LogP contribution in [0.5, 0.6) is 0 Å². The van der Waals surface area contributed by atoms with Gasteiger partial charge in [-0.3, -0.25) is 9.36 Å². The third-order valence-electron chi connectivity index (χ3n) is 10.4. The summed E-state index contributed by atoms with van der Waals surface area (Å²) in [5, 5.41) is 0. The zero-order valence-corrected chi connectivity index (χ0v) is 42.1. The SMILES string of the molecule is CC/C=C\C/C=C\C/C=C\C/C=C\CCCCCCCCCCCCCCC(=O)OC(COCCCCCCCC/C=C\C/C=C\C/C=C\CC)COP(=O)([O-])OCC[N+](C)(C)C. The Kier molecular flexibility index (Phi) is 44.5. The number of carbonyl (C=O) groups excluding carboxylic acids is 1. The number of hydrogen-bond acceptors (Lipinski definition) is 7. The minimum atomic E-state index is -4.54. The highest BCUT2D eigenvalue weighted by Crippen LogP contribution is 2.38. The zero-order valence-electron chi connectivity index (χ0n) is 41.2. The molecule has 0 aliphatic rings. The number of ether oxygens (including phenoxy) is 2. The van der Waals surface area contributed by atoms with Crippen LogP contribution in [-0.4, -0.2) is 70.7 Å². The van der Waals surface area contributed by atoms with Gasteiger partial charge in [0.25, 0.3) is 7.82 Å². The molecule has 0 radical (unpaired) electrons. The molecule has 9 heteroatoms. The minimum Gasteiger partial charge on any atom is -0.756 e. The third-order valence-corrected chi connectivity index (χ3v) is 11.4. The number of nitrogens with zero attached hydrogens (tertiary/aromatic N) is 1. The fraction of sp³-hybridized carbons (Fsp3) is 0.722. The molecule has 0 aromatic heterocycles. The molecular weight excluding hydrogens is 806 g/mol. The van der Waals surface area contributed by atoms with Crippen LogP contribution in [0.4, 0.5) is 0 Å². The van der Waals surface area contributed by atoms with Crippen molar-refractivity contribution in [3.05, 3.63) is 85.1 Å². The van der Waals surface area contributed by atoms with Gasteiger partial charge in [0.2, 0.25) is 0 Å². The number of esters is 1. The van der Waals surface area contributed by atoms with Crippen LogP contribution >= 0.6 is 7.82 Å². The first-order chi connectivity index (χ1) is 30.6. The molecule has 2 unspecified atom stereocenters. The number of hydrogen-bond donors (Lipinski definition) is 0. The standard InChI is InChI=1S/C54H96NO7P/c1-6-8-10-12-14-16-18-20-22-24-25-26-27-28-29-30-31-32-33-35-37-39-41-43-45-47-54(56)62-53(52-61-63(57,58)60-50-48-55(3,4)5)51-59-49-46-44-42-40-38-36-34-23-21-19-17-15-13-11-9-7-2/h8-11,14-17,20-23,25-26,53H,6-7,12-13,18-19,24,27-52H2,1-5H3/b10-8-,11-9-,16-14-,17-15-,22-20-,23-21-,26-25-. The topological polar surface area (TPSA) is 94.1 Å². The predicted molar refractivity (Wildman–Crippen MR) is 268 cm³/mol. The van der Waals surface area contributed by atoms with E-state index in [1.807, 2.05) is 21.1 Å². The Morgan fingerprint density at radius 1 is 0.492 bits per heavy atom. The van der Waals surface area contributed by atoms with Gasteiger partial charge in [-0.25, -0.2) is 0 Å². The van der Waals surface area contributed by atoms with Crippen LogP contribution in [-0.2, 0) is 27.9 Å². The van der Waals surface area contributed by atoms with Gasteiger partial charge in [-0.05, 0) is 83.5 Å². The van der Waals surface area contributed by atoms with E-state index in [1.54, 1.807) is 0 Å². The fourth-order valence-electron chi connectivity index (χ4n) is 6.61. The highest BCUT2D eigenvalue weighted by molar-refractivity contribution is 7.45. The molecule has 0 rings (SSSR count). The van der Waals surface area contributed by atoms with E-state index in [4.69, 9.17) is 18.5 Å². The Labute approximate surface area is 388 Å². The van der Waals surface area contributed by atoms with Crippen molar-refractivity contribution >= 4 is 13.8 Å². The first-order valence-electron chi connectivity index (χ1n) is 25.3. The number of quaternary nitrogens is 1. The van der Waals surface area contributed by atoms with Gasteiger partial charge < -0.3 is 27.9 Å². The summed E-state index contributed by atoms with van der Waals surface area (Å²) in [7, 11) is 1.34. The normalized spacial score (nSPS) is 14.3. The van der Waals surface area contributed by atoms with Crippen LogP contribution in [0.2, 0.25) is 0 Å². The third kappa shape index (κ3) is 50.5. The Balaban J connectivity index is 4.14. The molecule has 0 aliphatic carbocycles. The van der Waals surface area contributed by atoms with Gasteiger partial charge in [-0.1, -0.05) is 189 Å². The van der Waals surface area contributed by atoms with Gasteiger partial charge in [0.1, 0.15) is 19.3 Å².